The summed E-state index contributed by atoms with van der Waals surface area (Å²) in [7, 11) is 0. The zero-order valence-electron chi connectivity index (χ0n) is 14.2. The fraction of sp³-hybridized carbons (Fsp3) is 0.158. The van der Waals surface area contributed by atoms with E-state index in [9.17, 15) is 13.2 Å². The van der Waals surface area contributed by atoms with Gasteiger partial charge in [-0.1, -0.05) is 26.0 Å². The molecule has 26 heavy (non-hydrogen) atoms. The van der Waals surface area contributed by atoms with E-state index in [2.05, 4.69) is 34.4 Å². The number of hydrogen-bond donors (Lipinski definition) is 2. The molecule has 0 spiro atoms. The van der Waals surface area contributed by atoms with Crippen LogP contribution in [0.15, 0.2) is 48.7 Å². The Morgan fingerprint density at radius 1 is 0.846 bits per heavy atom. The smallest absolute Gasteiger partial charge is 0.229 e. The van der Waals surface area contributed by atoms with Gasteiger partial charge in [-0.3, -0.25) is 0 Å². The monoisotopic (exact) mass is 358 g/mol. The summed E-state index contributed by atoms with van der Waals surface area (Å²) >= 11 is 0. The maximum atomic E-state index is 13.7. The Kier molecular flexibility index (Phi) is 5.06. The van der Waals surface area contributed by atoms with E-state index in [-0.39, 0.29) is 11.6 Å². The van der Waals surface area contributed by atoms with E-state index in [1.165, 1.54) is 11.8 Å². The van der Waals surface area contributed by atoms with Crippen molar-refractivity contribution in [2.75, 3.05) is 10.6 Å². The van der Waals surface area contributed by atoms with Gasteiger partial charge in [0.1, 0.15) is 5.82 Å². The summed E-state index contributed by atoms with van der Waals surface area (Å²) in [5.74, 6) is -3.16. The first-order valence-corrected chi connectivity index (χ1v) is 8.04. The van der Waals surface area contributed by atoms with E-state index in [4.69, 9.17) is 0 Å². The molecule has 134 valence electrons. The Hall–Kier alpha value is -3.09. The lowest BCUT2D eigenvalue weighted by molar-refractivity contribution is 0.449. The third-order valence-electron chi connectivity index (χ3n) is 3.79. The largest absolute Gasteiger partial charge is 0.340 e. The van der Waals surface area contributed by atoms with E-state index in [1.807, 2.05) is 24.3 Å². The molecule has 0 saturated heterocycles. The minimum atomic E-state index is -1.55. The van der Waals surface area contributed by atoms with E-state index >= 15 is 0 Å². The van der Waals surface area contributed by atoms with Crippen LogP contribution in [0.5, 0.6) is 0 Å². The second-order valence-electron chi connectivity index (χ2n) is 6.02. The molecule has 4 nitrogen and oxygen atoms in total. The third kappa shape index (κ3) is 3.93. The van der Waals surface area contributed by atoms with Gasteiger partial charge in [-0.2, -0.15) is 4.98 Å². The van der Waals surface area contributed by atoms with Crippen molar-refractivity contribution >= 4 is 23.1 Å². The zero-order valence-corrected chi connectivity index (χ0v) is 14.2. The average molecular weight is 358 g/mol. The van der Waals surface area contributed by atoms with Gasteiger partial charge >= 0.3 is 0 Å². The normalized spacial score (nSPS) is 10.8. The third-order valence-corrected chi connectivity index (χ3v) is 3.79. The van der Waals surface area contributed by atoms with Crippen LogP contribution in [0, 0.1) is 17.5 Å². The summed E-state index contributed by atoms with van der Waals surface area (Å²) in [6.07, 6.45) is 1.47. The summed E-state index contributed by atoms with van der Waals surface area (Å²) in [5.41, 5.74) is 1.80. The van der Waals surface area contributed by atoms with Crippen LogP contribution in [-0.4, -0.2) is 9.97 Å². The molecule has 1 heterocycles. The molecule has 0 fully saturated rings. The summed E-state index contributed by atoms with van der Waals surface area (Å²) in [6.45, 7) is 4.23. The Labute approximate surface area is 149 Å². The highest BCUT2D eigenvalue weighted by Crippen LogP contribution is 2.23. The van der Waals surface area contributed by atoms with Gasteiger partial charge in [0, 0.05) is 11.9 Å². The SMILES string of the molecule is CC(C)c1ccc(Nc2ccnc(Nc3ccc(F)c(F)c3F)n2)cc1. The van der Waals surface area contributed by atoms with Gasteiger partial charge in [0.15, 0.2) is 17.5 Å². The first-order valence-electron chi connectivity index (χ1n) is 8.04. The van der Waals surface area contributed by atoms with E-state index in [1.54, 1.807) is 6.07 Å². The molecule has 0 bridgehead atoms. The van der Waals surface area contributed by atoms with Crippen molar-refractivity contribution in [1.82, 2.24) is 9.97 Å². The molecule has 0 aliphatic rings. The minimum Gasteiger partial charge on any atom is -0.340 e. The second-order valence-corrected chi connectivity index (χ2v) is 6.02. The van der Waals surface area contributed by atoms with Gasteiger partial charge < -0.3 is 10.6 Å². The number of hydrogen-bond acceptors (Lipinski definition) is 4. The Morgan fingerprint density at radius 3 is 2.27 bits per heavy atom. The highest BCUT2D eigenvalue weighted by atomic mass is 19.2. The number of aromatic nitrogens is 2. The maximum Gasteiger partial charge on any atom is 0.229 e. The number of nitrogens with one attached hydrogen (secondary N) is 2. The van der Waals surface area contributed by atoms with Crippen molar-refractivity contribution in [3.05, 3.63) is 71.7 Å². The Bertz CT molecular complexity index is 911. The van der Waals surface area contributed by atoms with Gasteiger partial charge in [-0.15, -0.1) is 0 Å². The molecule has 0 amide bonds. The molecule has 7 heteroatoms. The van der Waals surface area contributed by atoms with Crippen LogP contribution in [0.2, 0.25) is 0 Å². The van der Waals surface area contributed by atoms with Crippen LogP contribution in [0.4, 0.5) is 36.3 Å². The van der Waals surface area contributed by atoms with Crippen LogP contribution in [0.1, 0.15) is 25.3 Å². The molecule has 3 rings (SSSR count). The van der Waals surface area contributed by atoms with Gasteiger partial charge in [-0.25, -0.2) is 18.2 Å². The summed E-state index contributed by atoms with van der Waals surface area (Å²) in [6, 6.07) is 11.5. The van der Waals surface area contributed by atoms with Gasteiger partial charge in [0.05, 0.1) is 5.69 Å². The zero-order chi connectivity index (χ0) is 18.7. The molecule has 2 N–H and O–H groups in total. The van der Waals surface area contributed by atoms with Crippen LogP contribution < -0.4 is 10.6 Å². The highest BCUT2D eigenvalue weighted by Gasteiger charge is 2.14. The molecule has 0 atom stereocenters. The van der Waals surface area contributed by atoms with E-state index in [0.29, 0.717) is 11.7 Å². The Balaban J connectivity index is 1.77. The molecule has 2 aromatic carbocycles. The molecule has 0 unspecified atom stereocenters. The highest BCUT2D eigenvalue weighted by molar-refractivity contribution is 5.60. The van der Waals surface area contributed by atoms with E-state index < -0.39 is 17.5 Å². The van der Waals surface area contributed by atoms with Crippen LogP contribution >= 0.6 is 0 Å². The first-order chi connectivity index (χ1) is 12.4. The number of halogens is 3. The predicted molar refractivity (Wildman–Crippen MR) is 95.4 cm³/mol. The maximum absolute atomic E-state index is 13.7. The van der Waals surface area contributed by atoms with Crippen molar-refractivity contribution in [1.29, 1.82) is 0 Å². The quantitative estimate of drug-likeness (QED) is 0.591. The summed E-state index contributed by atoms with van der Waals surface area (Å²) in [4.78, 5) is 8.16. The van der Waals surface area contributed by atoms with Gasteiger partial charge in [0.25, 0.3) is 0 Å². The standard InChI is InChI=1S/C19H17F3N4/c1-11(2)12-3-5-13(6-4-12)24-16-9-10-23-19(26-16)25-15-8-7-14(20)17(21)18(15)22/h3-11H,1-2H3,(H2,23,24,25,26). The lowest BCUT2D eigenvalue weighted by atomic mass is 10.0. The van der Waals surface area contributed by atoms with Crippen molar-refractivity contribution < 1.29 is 13.2 Å². The lowest BCUT2D eigenvalue weighted by Crippen LogP contribution is -2.03. The predicted octanol–water partition coefficient (Wildman–Crippen LogP) is 5.50. The molecule has 0 aliphatic carbocycles. The minimum absolute atomic E-state index is 0.0544. The topological polar surface area (TPSA) is 49.8 Å². The van der Waals surface area contributed by atoms with Crippen LogP contribution in [0.3, 0.4) is 0 Å². The fourth-order valence-electron chi connectivity index (χ4n) is 2.33. The van der Waals surface area contributed by atoms with Crippen LogP contribution in [-0.2, 0) is 0 Å². The van der Waals surface area contributed by atoms with Crippen molar-refractivity contribution in [3.63, 3.8) is 0 Å². The molecule has 0 saturated carbocycles. The molecular formula is C19H17F3N4. The van der Waals surface area contributed by atoms with Gasteiger partial charge in [-0.05, 0) is 41.8 Å². The summed E-state index contributed by atoms with van der Waals surface area (Å²) in [5, 5.41) is 5.66. The number of rotatable bonds is 5. The fourth-order valence-corrected chi connectivity index (χ4v) is 2.33. The number of benzene rings is 2. The number of anilines is 4. The molecule has 0 radical (unpaired) electrons. The average Bonchev–Trinajstić information content (AvgIpc) is 2.63. The lowest BCUT2D eigenvalue weighted by Gasteiger charge is -2.10. The van der Waals surface area contributed by atoms with Crippen LogP contribution in [0.25, 0.3) is 0 Å². The summed E-state index contributed by atoms with van der Waals surface area (Å²) < 4.78 is 40.1. The first kappa shape index (κ1) is 17.7. The molecule has 1 aromatic heterocycles. The molecule has 0 aliphatic heterocycles. The molecule has 3 aromatic rings. The Morgan fingerprint density at radius 2 is 1.58 bits per heavy atom. The van der Waals surface area contributed by atoms with Crippen molar-refractivity contribution in [2.45, 2.75) is 19.8 Å². The molecular weight excluding hydrogens is 341 g/mol. The van der Waals surface area contributed by atoms with Crippen molar-refractivity contribution in [2.24, 2.45) is 0 Å². The van der Waals surface area contributed by atoms with Gasteiger partial charge in [0.2, 0.25) is 5.95 Å². The van der Waals surface area contributed by atoms with Crippen molar-refractivity contribution in [3.8, 4) is 0 Å². The van der Waals surface area contributed by atoms with E-state index in [0.717, 1.165) is 17.8 Å². The number of nitrogens with zero attached hydrogens (tertiary/aromatic N) is 2. The second kappa shape index (κ2) is 7.43.